The summed E-state index contributed by atoms with van der Waals surface area (Å²) < 4.78 is 0. The van der Waals surface area contributed by atoms with Crippen LogP contribution in [0.4, 0.5) is 0 Å². The highest BCUT2D eigenvalue weighted by Gasteiger charge is 2.52. The van der Waals surface area contributed by atoms with Gasteiger partial charge in [-0.2, -0.15) is 0 Å². The number of hydrogen-bond donors (Lipinski definition) is 0. The molecule has 0 N–H and O–H groups in total. The zero-order valence-corrected chi connectivity index (χ0v) is 13.0. The van der Waals surface area contributed by atoms with Gasteiger partial charge < -0.3 is 0 Å². The van der Waals surface area contributed by atoms with Gasteiger partial charge in [0.2, 0.25) is 0 Å². The molecule has 0 spiro atoms. The quantitative estimate of drug-likeness (QED) is 0.657. The van der Waals surface area contributed by atoms with Crippen molar-refractivity contribution in [3.63, 3.8) is 0 Å². The van der Waals surface area contributed by atoms with Gasteiger partial charge in [0, 0.05) is 0 Å². The molecular formula is C17H28B2. The average molecular weight is 254 g/mol. The summed E-state index contributed by atoms with van der Waals surface area (Å²) in [5.74, 6) is 4.58. The lowest BCUT2D eigenvalue weighted by molar-refractivity contribution is 0.0827. The molecule has 5 unspecified atom stereocenters. The van der Waals surface area contributed by atoms with Gasteiger partial charge in [-0.15, -0.1) is 0 Å². The topological polar surface area (TPSA) is 0 Å². The monoisotopic (exact) mass is 254 g/mol. The van der Waals surface area contributed by atoms with Crippen LogP contribution in [0.25, 0.3) is 0 Å². The lowest BCUT2D eigenvalue weighted by Crippen LogP contribution is -2.43. The van der Waals surface area contributed by atoms with Gasteiger partial charge in [-0.25, -0.2) is 0 Å². The second-order valence-electron chi connectivity index (χ2n) is 8.34. The number of fused-ring (bicyclic) bond motifs is 5. The maximum atomic E-state index is 6.64. The van der Waals surface area contributed by atoms with Crippen molar-refractivity contribution in [1.82, 2.24) is 0 Å². The molecule has 0 nitrogen and oxygen atoms in total. The van der Waals surface area contributed by atoms with Crippen molar-refractivity contribution in [3.05, 3.63) is 0 Å². The van der Waals surface area contributed by atoms with Gasteiger partial charge in [0.1, 0.15) is 0 Å². The minimum Gasteiger partial charge on any atom is -0.0914 e. The molecule has 19 heavy (non-hydrogen) atoms. The second-order valence-corrected chi connectivity index (χ2v) is 8.34. The van der Waals surface area contributed by atoms with Gasteiger partial charge >= 0.3 is 0 Å². The highest BCUT2D eigenvalue weighted by Crippen LogP contribution is 2.62. The molecule has 0 saturated heterocycles. The van der Waals surface area contributed by atoms with Gasteiger partial charge in [-0.3, -0.25) is 0 Å². The minimum atomic E-state index is -0.492. The Morgan fingerprint density at radius 3 is 2.16 bits per heavy atom. The summed E-state index contributed by atoms with van der Waals surface area (Å²) in [6.45, 7) is 6.72. The maximum absolute atomic E-state index is 6.64. The summed E-state index contributed by atoms with van der Waals surface area (Å²) >= 11 is 0. The molecule has 0 aromatic rings. The SMILES string of the molecule is [B]C([B])(C1CCC2C3CCC(C3)C2C1)C(C)(C)CC. The molecule has 0 aliphatic heterocycles. The molecule has 5 atom stereocenters. The maximum Gasteiger partial charge on any atom is 0.0631 e. The van der Waals surface area contributed by atoms with Crippen molar-refractivity contribution in [3.8, 4) is 0 Å². The van der Waals surface area contributed by atoms with E-state index in [4.69, 9.17) is 15.7 Å². The van der Waals surface area contributed by atoms with Crippen LogP contribution >= 0.6 is 0 Å². The normalized spacial score (nSPS) is 42.4. The third-order valence-corrected chi connectivity index (χ3v) is 7.41. The van der Waals surface area contributed by atoms with E-state index in [1.165, 1.54) is 38.5 Å². The largest absolute Gasteiger partial charge is 0.0914 e. The highest BCUT2D eigenvalue weighted by atomic mass is 14.6. The zero-order valence-electron chi connectivity index (χ0n) is 13.0. The van der Waals surface area contributed by atoms with Crippen molar-refractivity contribution in [2.45, 2.75) is 70.9 Å². The highest BCUT2D eigenvalue weighted by molar-refractivity contribution is 6.40. The summed E-state index contributed by atoms with van der Waals surface area (Å²) in [7, 11) is 13.3. The molecule has 2 bridgehead atoms. The van der Waals surface area contributed by atoms with Crippen LogP contribution < -0.4 is 0 Å². The van der Waals surface area contributed by atoms with Crippen molar-refractivity contribution in [1.29, 1.82) is 0 Å². The van der Waals surface area contributed by atoms with E-state index in [1.54, 1.807) is 0 Å². The minimum absolute atomic E-state index is 0.0438. The molecule has 102 valence electrons. The first-order valence-corrected chi connectivity index (χ1v) is 8.44. The summed E-state index contributed by atoms with van der Waals surface area (Å²) in [5.41, 5.74) is 0.0438. The van der Waals surface area contributed by atoms with Crippen molar-refractivity contribution in [2.24, 2.45) is 35.0 Å². The fourth-order valence-corrected chi connectivity index (χ4v) is 5.48. The molecule has 3 saturated carbocycles. The van der Waals surface area contributed by atoms with Crippen molar-refractivity contribution in [2.75, 3.05) is 0 Å². The van der Waals surface area contributed by atoms with Crippen LogP contribution in [0.5, 0.6) is 0 Å². The lowest BCUT2D eigenvalue weighted by Gasteiger charge is -2.52. The molecule has 0 amide bonds. The fraction of sp³-hybridized carbons (Fsp3) is 1.00. The van der Waals surface area contributed by atoms with Gasteiger partial charge in [0.05, 0.1) is 15.7 Å². The van der Waals surface area contributed by atoms with Crippen LogP contribution in [0.15, 0.2) is 0 Å². The van der Waals surface area contributed by atoms with Crippen molar-refractivity contribution < 1.29 is 0 Å². The Kier molecular flexibility index (Phi) is 3.39. The molecule has 3 fully saturated rings. The van der Waals surface area contributed by atoms with E-state index in [-0.39, 0.29) is 5.41 Å². The summed E-state index contributed by atoms with van der Waals surface area (Å²) in [6.07, 6.45) is 9.54. The molecule has 3 rings (SSSR count). The molecule has 3 aliphatic carbocycles. The fourth-order valence-electron chi connectivity index (χ4n) is 5.48. The van der Waals surface area contributed by atoms with E-state index < -0.39 is 5.21 Å². The first kappa shape index (κ1) is 14.1. The Balaban J connectivity index is 1.74. The predicted molar refractivity (Wildman–Crippen MR) is 83.4 cm³/mol. The van der Waals surface area contributed by atoms with Crippen LogP contribution in [-0.2, 0) is 0 Å². The lowest BCUT2D eigenvalue weighted by atomic mass is 9.35. The van der Waals surface area contributed by atoms with Gasteiger partial charge in [-0.05, 0) is 61.2 Å². The molecule has 4 radical (unpaired) electrons. The Labute approximate surface area is 122 Å². The third-order valence-electron chi connectivity index (χ3n) is 7.41. The molecule has 2 heteroatoms. The smallest absolute Gasteiger partial charge is 0.0631 e. The van der Waals surface area contributed by atoms with E-state index in [0.29, 0.717) is 5.92 Å². The Hall–Kier alpha value is 0.130. The molecule has 0 aromatic carbocycles. The Morgan fingerprint density at radius 2 is 1.53 bits per heavy atom. The van der Waals surface area contributed by atoms with E-state index in [1.807, 2.05) is 0 Å². The van der Waals surface area contributed by atoms with Crippen LogP contribution in [0.1, 0.15) is 65.7 Å². The zero-order chi connectivity index (χ0) is 13.8. The second kappa shape index (κ2) is 4.57. The summed E-state index contributed by atoms with van der Waals surface area (Å²) in [6, 6.07) is 0. The third kappa shape index (κ3) is 2.04. The van der Waals surface area contributed by atoms with Gasteiger partial charge in [0.15, 0.2) is 0 Å². The number of hydrogen-bond acceptors (Lipinski definition) is 0. The Bertz CT molecular complexity index is 347. The van der Waals surface area contributed by atoms with Crippen LogP contribution in [-0.4, -0.2) is 15.7 Å². The van der Waals surface area contributed by atoms with E-state index in [9.17, 15) is 0 Å². The van der Waals surface area contributed by atoms with Gasteiger partial charge in [-0.1, -0.05) is 44.7 Å². The predicted octanol–water partition coefficient (Wildman–Crippen LogP) is 4.34. The summed E-state index contributed by atoms with van der Waals surface area (Å²) in [5, 5.41) is -0.492. The molecule has 0 aromatic heterocycles. The summed E-state index contributed by atoms with van der Waals surface area (Å²) in [4.78, 5) is 0. The first-order valence-electron chi connectivity index (χ1n) is 8.44. The standard InChI is InChI=1S/C17H28B2/c1-4-16(2,3)17(18,19)13-7-8-14-11-5-6-12(9-11)15(14)10-13/h11-15H,4-10H2,1-3H3. The van der Waals surface area contributed by atoms with Crippen molar-refractivity contribution >= 4 is 15.7 Å². The molecular weight excluding hydrogens is 226 g/mol. The Morgan fingerprint density at radius 1 is 0.895 bits per heavy atom. The van der Waals surface area contributed by atoms with Crippen LogP contribution in [0.3, 0.4) is 0 Å². The molecule has 0 heterocycles. The molecule has 3 aliphatic rings. The average Bonchev–Trinajstić information content (AvgIpc) is 2.99. The van der Waals surface area contributed by atoms with Crippen LogP contribution in [0, 0.1) is 35.0 Å². The van der Waals surface area contributed by atoms with E-state index in [2.05, 4.69) is 20.8 Å². The van der Waals surface area contributed by atoms with Crippen LogP contribution in [0.2, 0.25) is 5.21 Å². The first-order chi connectivity index (χ1) is 8.87. The number of rotatable bonds is 3. The van der Waals surface area contributed by atoms with E-state index in [0.717, 1.165) is 30.1 Å². The van der Waals surface area contributed by atoms with E-state index >= 15 is 0 Å². The van der Waals surface area contributed by atoms with Gasteiger partial charge in [0.25, 0.3) is 0 Å².